The second kappa shape index (κ2) is 24.4. The van der Waals surface area contributed by atoms with Crippen LogP contribution < -0.4 is 35.6 Å². The van der Waals surface area contributed by atoms with E-state index < -0.39 is 4.92 Å². The average molecular weight is 921 g/mol. The van der Waals surface area contributed by atoms with Crippen LogP contribution in [0, 0.1) is 10.1 Å². The van der Waals surface area contributed by atoms with Crippen molar-refractivity contribution in [3.8, 4) is 11.5 Å². The van der Waals surface area contributed by atoms with Crippen molar-refractivity contribution < 1.29 is 24.0 Å². The molecule has 6 aromatic carbocycles. The van der Waals surface area contributed by atoms with Crippen LogP contribution in [0.2, 0.25) is 0 Å². The maximum Gasteiger partial charge on any atom is 0.326 e. The highest BCUT2D eigenvalue weighted by Gasteiger charge is 2.25. The number of nitro benzene ring substituents is 1. The number of methoxy groups -OCH3 is 2. The van der Waals surface area contributed by atoms with Gasteiger partial charge in [0.15, 0.2) is 0 Å². The quantitative estimate of drug-likeness (QED) is 0.0468. The summed E-state index contributed by atoms with van der Waals surface area (Å²) in [6.07, 6.45) is 2.63. The monoisotopic (exact) mass is 921 g/mol. The summed E-state index contributed by atoms with van der Waals surface area (Å²) in [5.41, 5.74) is 17.7. The van der Waals surface area contributed by atoms with E-state index in [4.69, 9.17) is 15.2 Å². The predicted octanol–water partition coefficient (Wildman–Crippen LogP) is 13.9. The van der Waals surface area contributed by atoms with E-state index in [1.165, 1.54) is 17.2 Å². The number of hydrogen-bond acceptors (Lipinski definition) is 7. The maximum atomic E-state index is 13.7. The van der Waals surface area contributed by atoms with Crippen molar-refractivity contribution in [3.63, 3.8) is 0 Å². The molecular formula is C56H68N6O6. The third kappa shape index (κ3) is 13.0. The smallest absolute Gasteiger partial charge is 0.326 e. The summed E-state index contributed by atoms with van der Waals surface area (Å²) in [6, 6.07) is 38.1. The Bertz CT molecular complexity index is 2610. The normalized spacial score (nSPS) is 10.8. The average Bonchev–Trinajstić information content (AvgIpc) is 3.35. The van der Waals surface area contributed by atoms with Crippen molar-refractivity contribution in [3.05, 3.63) is 176 Å². The number of nitrogens with one attached hydrogen (secondary N) is 2. The molecule has 0 saturated carbocycles. The van der Waals surface area contributed by atoms with Crippen molar-refractivity contribution in [2.45, 2.75) is 106 Å². The number of amides is 4. The van der Waals surface area contributed by atoms with Gasteiger partial charge in [0.2, 0.25) is 0 Å². The molecule has 0 radical (unpaired) electrons. The Morgan fingerprint density at radius 3 is 1.28 bits per heavy atom. The number of nitrogen functional groups attached to an aromatic ring is 1. The number of carbonyl (C=O) groups excluding carboxylic acids is 2. The molecule has 0 bridgehead atoms. The fourth-order valence-corrected chi connectivity index (χ4v) is 8.02. The van der Waals surface area contributed by atoms with Gasteiger partial charge in [-0.15, -0.1) is 0 Å². The number of hydrogen-bond donors (Lipinski definition) is 3. The largest absolute Gasteiger partial charge is 0.497 e. The highest BCUT2D eigenvalue weighted by molar-refractivity contribution is 6.04. The topological polar surface area (TPSA) is 152 Å². The molecule has 0 aliphatic heterocycles. The van der Waals surface area contributed by atoms with Crippen LogP contribution in [0.3, 0.4) is 0 Å². The molecule has 0 saturated heterocycles. The molecular weight excluding hydrogens is 853 g/mol. The Hall–Kier alpha value is -7.34. The Labute approximate surface area is 402 Å². The number of aryl methyl sites for hydroxylation is 2. The minimum Gasteiger partial charge on any atom is -0.497 e. The molecule has 0 aliphatic carbocycles. The molecule has 0 atom stereocenters. The number of nitrogens with zero attached hydrogens (tertiary/aromatic N) is 3. The summed E-state index contributed by atoms with van der Waals surface area (Å²) in [7, 11) is 3.26. The Balaban J connectivity index is 0.000000255. The lowest BCUT2D eigenvalue weighted by Crippen LogP contribution is -2.35. The number of carbonyl (C=O) groups is 2. The molecule has 4 amide bonds. The van der Waals surface area contributed by atoms with E-state index in [2.05, 4.69) is 64.3 Å². The van der Waals surface area contributed by atoms with Crippen molar-refractivity contribution >= 4 is 46.2 Å². The molecule has 0 fully saturated rings. The van der Waals surface area contributed by atoms with Crippen molar-refractivity contribution in [2.75, 3.05) is 40.4 Å². The minimum atomic E-state index is -0.395. The zero-order chi connectivity index (χ0) is 49.5. The van der Waals surface area contributed by atoms with Gasteiger partial charge in [-0.3, -0.25) is 19.9 Å². The van der Waals surface area contributed by atoms with Gasteiger partial charge in [-0.1, -0.05) is 116 Å². The maximum absolute atomic E-state index is 13.7. The first-order valence-corrected chi connectivity index (χ1v) is 23.5. The summed E-state index contributed by atoms with van der Waals surface area (Å²) in [4.78, 5) is 42.0. The first-order chi connectivity index (χ1) is 32.7. The van der Waals surface area contributed by atoms with Gasteiger partial charge in [0, 0.05) is 23.1 Å². The Morgan fingerprint density at radius 1 is 0.559 bits per heavy atom. The standard InChI is InChI=1S/C28H33N3O4.C28H35N3O2/c1-6-21-12-17-26(31(33)34)25(7-2)27(21)29-28(32)30(18-20-8-15-24(35-5)16-9-20)23-13-10-22(11-14-23)19(3)4;1-6-21-12-17-26(29)25(7-2)27(21)30-28(32)31(18-20-8-15-24(33-5)16-9-20)23-13-10-22(11-14-23)19(3)4/h8-17,19H,6-7,18H2,1-5H3,(H,29,32);8-17,19H,6-7,18,29H2,1-5H3,(H,30,32). The third-order valence-electron chi connectivity index (χ3n) is 12.2. The zero-order valence-corrected chi connectivity index (χ0v) is 41.3. The fourth-order valence-electron chi connectivity index (χ4n) is 8.02. The van der Waals surface area contributed by atoms with E-state index in [1.54, 1.807) is 30.1 Å². The van der Waals surface area contributed by atoms with Crippen LogP contribution in [0.5, 0.6) is 11.5 Å². The van der Waals surface area contributed by atoms with E-state index in [1.807, 2.05) is 111 Å². The van der Waals surface area contributed by atoms with Crippen LogP contribution in [0.4, 0.5) is 43.7 Å². The van der Waals surface area contributed by atoms with Gasteiger partial charge in [-0.05, 0) is 131 Å². The first kappa shape index (κ1) is 51.6. The molecule has 12 heteroatoms. The number of nitro groups is 1. The van der Waals surface area contributed by atoms with Gasteiger partial charge in [0.05, 0.1) is 49.2 Å². The molecule has 358 valence electrons. The first-order valence-electron chi connectivity index (χ1n) is 23.5. The lowest BCUT2D eigenvalue weighted by atomic mass is 10.0. The van der Waals surface area contributed by atoms with E-state index >= 15 is 0 Å². The molecule has 12 nitrogen and oxygen atoms in total. The molecule has 4 N–H and O–H groups in total. The molecule has 0 aliphatic rings. The molecule has 0 heterocycles. The van der Waals surface area contributed by atoms with Crippen molar-refractivity contribution in [1.29, 1.82) is 0 Å². The van der Waals surface area contributed by atoms with Gasteiger partial charge in [0.1, 0.15) is 11.5 Å². The summed E-state index contributed by atoms with van der Waals surface area (Å²) in [5.74, 6) is 2.32. The van der Waals surface area contributed by atoms with E-state index in [-0.39, 0.29) is 17.7 Å². The predicted molar refractivity (Wildman–Crippen MR) is 279 cm³/mol. The third-order valence-corrected chi connectivity index (χ3v) is 12.2. The second-order valence-corrected chi connectivity index (χ2v) is 17.2. The van der Waals surface area contributed by atoms with E-state index in [9.17, 15) is 19.7 Å². The molecule has 6 aromatic rings. The summed E-state index contributed by atoms with van der Waals surface area (Å²) < 4.78 is 10.5. The fraction of sp³-hybridized carbons (Fsp3) is 0.321. The zero-order valence-electron chi connectivity index (χ0n) is 41.3. The van der Waals surface area contributed by atoms with Gasteiger partial charge < -0.3 is 25.8 Å². The van der Waals surface area contributed by atoms with Crippen molar-refractivity contribution in [2.24, 2.45) is 0 Å². The second-order valence-electron chi connectivity index (χ2n) is 17.2. The molecule has 6 rings (SSSR count). The highest BCUT2D eigenvalue weighted by Crippen LogP contribution is 2.33. The van der Waals surface area contributed by atoms with Crippen LogP contribution in [-0.2, 0) is 38.8 Å². The van der Waals surface area contributed by atoms with Crippen LogP contribution >= 0.6 is 0 Å². The molecule has 0 unspecified atom stereocenters. The number of ether oxygens (including phenoxy) is 2. The SMILES string of the molecule is CCc1ccc(N)c(CC)c1NC(=O)N(Cc1ccc(OC)cc1)c1ccc(C(C)C)cc1.CCc1ccc([N+](=O)[O-])c(CC)c1NC(=O)N(Cc1ccc(OC)cc1)c1ccc(C(C)C)cc1. The van der Waals surface area contributed by atoms with Crippen molar-refractivity contribution in [1.82, 2.24) is 0 Å². The lowest BCUT2D eigenvalue weighted by Gasteiger charge is -2.26. The van der Waals surface area contributed by atoms with Gasteiger partial charge >= 0.3 is 12.1 Å². The minimum absolute atomic E-state index is 0.0167. The number of nitrogens with two attached hydrogens (primary N) is 1. The Kier molecular flexibility index (Phi) is 18.6. The van der Waals surface area contributed by atoms with Crippen LogP contribution in [0.1, 0.15) is 112 Å². The summed E-state index contributed by atoms with van der Waals surface area (Å²) in [6.45, 7) is 17.3. The van der Waals surface area contributed by atoms with Crippen LogP contribution in [0.15, 0.2) is 121 Å². The summed E-state index contributed by atoms with van der Waals surface area (Å²) >= 11 is 0. The van der Waals surface area contributed by atoms with Crippen LogP contribution in [0.25, 0.3) is 0 Å². The Morgan fingerprint density at radius 2 is 0.941 bits per heavy atom. The van der Waals surface area contributed by atoms with Crippen LogP contribution in [-0.4, -0.2) is 31.2 Å². The van der Waals surface area contributed by atoms with Gasteiger partial charge in [-0.2, -0.15) is 0 Å². The van der Waals surface area contributed by atoms with Gasteiger partial charge in [-0.25, -0.2) is 9.59 Å². The summed E-state index contributed by atoms with van der Waals surface area (Å²) in [5, 5.41) is 17.8. The van der Waals surface area contributed by atoms with E-state index in [0.29, 0.717) is 54.7 Å². The number of benzene rings is 6. The molecule has 68 heavy (non-hydrogen) atoms. The highest BCUT2D eigenvalue weighted by atomic mass is 16.6. The number of anilines is 5. The molecule has 0 aromatic heterocycles. The van der Waals surface area contributed by atoms with Gasteiger partial charge in [0.25, 0.3) is 5.69 Å². The molecule has 0 spiro atoms. The number of urea groups is 2. The number of rotatable bonds is 17. The lowest BCUT2D eigenvalue weighted by molar-refractivity contribution is -0.385. The van der Waals surface area contributed by atoms with E-state index in [0.717, 1.165) is 69.2 Å².